The summed E-state index contributed by atoms with van der Waals surface area (Å²) in [6.45, 7) is 2.68. The van der Waals surface area contributed by atoms with Crippen molar-refractivity contribution >= 4 is 5.91 Å². The largest absolute Gasteiger partial charge is 0.508 e. The van der Waals surface area contributed by atoms with Crippen molar-refractivity contribution < 1.29 is 19.5 Å². The zero-order chi connectivity index (χ0) is 16.4. The molecule has 0 saturated carbocycles. The summed E-state index contributed by atoms with van der Waals surface area (Å²) in [5.41, 5.74) is 1.57. The number of β-amino-alcohol motifs (C(OH)–C–C–N with tert-alkyl or cyclic N) is 1. The highest BCUT2D eigenvalue weighted by atomic mass is 16.5. The fourth-order valence-corrected chi connectivity index (χ4v) is 2.98. The molecule has 1 amide bonds. The van der Waals surface area contributed by atoms with Crippen LogP contribution in [0.15, 0.2) is 34.9 Å². The predicted octanol–water partition coefficient (Wildman–Crippen LogP) is 1.29. The lowest BCUT2D eigenvalue weighted by Crippen LogP contribution is -2.31. The fraction of sp³-hybridized carbons (Fsp3) is 0.412. The third kappa shape index (κ3) is 3.71. The Kier molecular flexibility index (Phi) is 4.34. The minimum atomic E-state index is -0.562. The smallest absolute Gasteiger partial charge is 0.227 e. The molecule has 0 aliphatic carbocycles. The molecule has 2 N–H and O–H groups in total. The predicted molar refractivity (Wildman–Crippen MR) is 82.8 cm³/mol. The van der Waals surface area contributed by atoms with Crippen LogP contribution in [-0.4, -0.2) is 45.4 Å². The van der Waals surface area contributed by atoms with Crippen molar-refractivity contribution in [3.8, 4) is 5.75 Å². The van der Waals surface area contributed by atoms with Crippen LogP contribution in [0.4, 0.5) is 0 Å². The Labute approximate surface area is 134 Å². The fourth-order valence-electron chi connectivity index (χ4n) is 2.98. The number of aliphatic hydroxyl groups excluding tert-OH is 1. The first kappa shape index (κ1) is 15.6. The van der Waals surface area contributed by atoms with Gasteiger partial charge in [0, 0.05) is 31.5 Å². The Balaban J connectivity index is 1.60. The molecule has 0 bridgehead atoms. The van der Waals surface area contributed by atoms with E-state index in [9.17, 15) is 15.0 Å². The summed E-state index contributed by atoms with van der Waals surface area (Å²) in [7, 11) is 0. The van der Waals surface area contributed by atoms with Gasteiger partial charge >= 0.3 is 0 Å². The zero-order valence-corrected chi connectivity index (χ0v) is 13.0. The van der Waals surface area contributed by atoms with Crippen molar-refractivity contribution in [1.29, 1.82) is 0 Å². The van der Waals surface area contributed by atoms with Gasteiger partial charge in [-0.15, -0.1) is 0 Å². The van der Waals surface area contributed by atoms with Crippen molar-refractivity contribution in [2.24, 2.45) is 5.92 Å². The van der Waals surface area contributed by atoms with Crippen LogP contribution in [0.2, 0.25) is 0 Å². The van der Waals surface area contributed by atoms with E-state index in [0.29, 0.717) is 19.5 Å². The van der Waals surface area contributed by atoms with E-state index in [1.54, 1.807) is 29.2 Å². The molecule has 1 saturated heterocycles. The van der Waals surface area contributed by atoms with Gasteiger partial charge in [0.15, 0.2) is 0 Å². The highest BCUT2D eigenvalue weighted by Crippen LogP contribution is 2.23. The van der Waals surface area contributed by atoms with E-state index in [0.717, 1.165) is 17.0 Å². The topological polar surface area (TPSA) is 86.8 Å². The van der Waals surface area contributed by atoms with Gasteiger partial charge in [0.1, 0.15) is 11.5 Å². The maximum atomic E-state index is 12.4. The van der Waals surface area contributed by atoms with E-state index < -0.39 is 6.10 Å². The maximum absolute atomic E-state index is 12.4. The van der Waals surface area contributed by atoms with Crippen molar-refractivity contribution in [3.05, 3.63) is 47.3 Å². The van der Waals surface area contributed by atoms with Crippen molar-refractivity contribution in [2.45, 2.75) is 25.9 Å². The molecule has 23 heavy (non-hydrogen) atoms. The molecular weight excluding hydrogens is 296 g/mol. The number of aromatic nitrogens is 1. The number of carbonyl (C=O) groups excluding carboxylic acids is 1. The molecule has 3 rings (SSSR count). The van der Waals surface area contributed by atoms with Gasteiger partial charge < -0.3 is 19.6 Å². The third-order valence-electron chi connectivity index (χ3n) is 4.17. The summed E-state index contributed by atoms with van der Waals surface area (Å²) in [6.07, 6.45) is 0.223. The first-order chi connectivity index (χ1) is 11.0. The molecule has 2 heterocycles. The highest BCUT2D eigenvalue weighted by Gasteiger charge is 2.34. The Bertz CT molecular complexity index is 697. The number of hydrogen-bond acceptors (Lipinski definition) is 5. The average molecular weight is 316 g/mol. The standard InChI is InChI=1S/C17H20N2O4/c1-11-5-15(23-18-11)8-13-9-19(10-16(13)21)17(22)7-12-3-2-4-14(20)6-12/h2-6,13,16,20-21H,7-10H2,1H3/t13-,16+/m1/s1. The van der Waals surface area contributed by atoms with Crippen LogP contribution in [0.1, 0.15) is 17.0 Å². The number of benzene rings is 1. The lowest BCUT2D eigenvalue weighted by molar-refractivity contribution is -0.129. The molecule has 2 atom stereocenters. The normalized spacial score (nSPS) is 20.9. The molecule has 2 aromatic rings. The summed E-state index contributed by atoms with van der Waals surface area (Å²) in [5.74, 6) is 0.783. The van der Waals surface area contributed by atoms with Crippen molar-refractivity contribution in [3.63, 3.8) is 0 Å². The van der Waals surface area contributed by atoms with Crippen molar-refractivity contribution in [1.82, 2.24) is 10.1 Å². The summed E-state index contributed by atoms with van der Waals surface area (Å²) in [5, 5.41) is 23.5. The first-order valence-electron chi connectivity index (χ1n) is 7.67. The second-order valence-electron chi connectivity index (χ2n) is 6.11. The number of hydrogen-bond donors (Lipinski definition) is 2. The molecular formula is C17H20N2O4. The molecule has 0 spiro atoms. The molecule has 0 unspecified atom stereocenters. The summed E-state index contributed by atoms with van der Waals surface area (Å²) in [6, 6.07) is 8.52. The van der Waals surface area contributed by atoms with E-state index in [1.807, 2.05) is 13.0 Å². The molecule has 1 aliphatic rings. The highest BCUT2D eigenvalue weighted by molar-refractivity contribution is 5.79. The Morgan fingerprint density at radius 1 is 1.39 bits per heavy atom. The lowest BCUT2D eigenvalue weighted by Gasteiger charge is -2.16. The van der Waals surface area contributed by atoms with Crippen LogP contribution in [0.25, 0.3) is 0 Å². The molecule has 0 radical (unpaired) electrons. The minimum absolute atomic E-state index is 0.0459. The van der Waals surface area contributed by atoms with Gasteiger partial charge in [-0.1, -0.05) is 17.3 Å². The lowest BCUT2D eigenvalue weighted by atomic mass is 10.0. The number of nitrogens with zero attached hydrogens (tertiary/aromatic N) is 2. The third-order valence-corrected chi connectivity index (χ3v) is 4.17. The molecule has 1 aromatic heterocycles. The molecule has 1 aliphatic heterocycles. The van der Waals surface area contributed by atoms with E-state index >= 15 is 0 Å². The number of aromatic hydroxyl groups is 1. The number of phenolic OH excluding ortho intramolecular Hbond substituents is 1. The van der Waals surface area contributed by atoms with Crippen LogP contribution >= 0.6 is 0 Å². The second kappa shape index (κ2) is 6.42. The Morgan fingerprint density at radius 2 is 2.22 bits per heavy atom. The van der Waals surface area contributed by atoms with Gasteiger partial charge in [0.05, 0.1) is 18.2 Å². The summed E-state index contributed by atoms with van der Waals surface area (Å²) >= 11 is 0. The number of aliphatic hydroxyl groups is 1. The Hall–Kier alpha value is -2.34. The summed E-state index contributed by atoms with van der Waals surface area (Å²) < 4.78 is 5.19. The number of rotatable bonds is 4. The molecule has 122 valence electrons. The van der Waals surface area contributed by atoms with Crippen LogP contribution in [0.5, 0.6) is 5.75 Å². The van der Waals surface area contributed by atoms with Gasteiger partial charge in [0.25, 0.3) is 0 Å². The minimum Gasteiger partial charge on any atom is -0.508 e. The van der Waals surface area contributed by atoms with E-state index in [-0.39, 0.29) is 24.0 Å². The number of carbonyl (C=O) groups is 1. The van der Waals surface area contributed by atoms with Crippen LogP contribution < -0.4 is 0 Å². The maximum Gasteiger partial charge on any atom is 0.227 e. The average Bonchev–Trinajstić information content (AvgIpc) is 3.06. The number of phenols is 1. The van der Waals surface area contributed by atoms with Crippen LogP contribution in [-0.2, 0) is 17.6 Å². The van der Waals surface area contributed by atoms with Gasteiger partial charge in [-0.3, -0.25) is 4.79 Å². The molecule has 6 heteroatoms. The zero-order valence-electron chi connectivity index (χ0n) is 13.0. The summed E-state index contributed by atoms with van der Waals surface area (Å²) in [4.78, 5) is 14.0. The van der Waals surface area contributed by atoms with Gasteiger partial charge in [-0.2, -0.15) is 0 Å². The van der Waals surface area contributed by atoms with Crippen LogP contribution in [0.3, 0.4) is 0 Å². The van der Waals surface area contributed by atoms with Crippen molar-refractivity contribution in [2.75, 3.05) is 13.1 Å². The quantitative estimate of drug-likeness (QED) is 0.887. The second-order valence-corrected chi connectivity index (χ2v) is 6.11. The number of likely N-dealkylation sites (tertiary alicyclic amines) is 1. The molecule has 6 nitrogen and oxygen atoms in total. The molecule has 1 aromatic carbocycles. The number of aryl methyl sites for hydroxylation is 1. The van der Waals surface area contributed by atoms with E-state index in [4.69, 9.17) is 4.52 Å². The van der Waals surface area contributed by atoms with Crippen LogP contribution in [0, 0.1) is 12.8 Å². The monoisotopic (exact) mass is 316 g/mol. The SMILES string of the molecule is Cc1cc(C[C@@H]2CN(C(=O)Cc3cccc(O)c3)C[C@@H]2O)on1. The van der Waals surface area contributed by atoms with E-state index in [1.165, 1.54) is 0 Å². The number of amides is 1. The Morgan fingerprint density at radius 3 is 2.91 bits per heavy atom. The van der Waals surface area contributed by atoms with Gasteiger partial charge in [-0.25, -0.2) is 0 Å². The van der Waals surface area contributed by atoms with Gasteiger partial charge in [-0.05, 0) is 24.6 Å². The van der Waals surface area contributed by atoms with E-state index in [2.05, 4.69) is 5.16 Å². The molecule has 1 fully saturated rings. The first-order valence-corrected chi connectivity index (χ1v) is 7.67. The van der Waals surface area contributed by atoms with Gasteiger partial charge in [0.2, 0.25) is 5.91 Å².